The number of fused-ring (bicyclic) bond motifs is 1. The molecule has 4 nitrogen and oxygen atoms in total. The number of rotatable bonds is 5. The minimum absolute atomic E-state index is 0.405. The van der Waals surface area contributed by atoms with E-state index in [1.807, 2.05) is 30.5 Å². The first-order valence-corrected chi connectivity index (χ1v) is 11.5. The Labute approximate surface area is 161 Å². The van der Waals surface area contributed by atoms with Crippen molar-refractivity contribution in [1.82, 2.24) is 9.38 Å². The van der Waals surface area contributed by atoms with Crippen LogP contribution >= 0.6 is 0 Å². The highest BCUT2D eigenvalue weighted by atomic mass is 32.2. The number of hydrogen-bond acceptors (Lipinski definition) is 3. The van der Waals surface area contributed by atoms with Gasteiger partial charge in [0.1, 0.15) is 5.65 Å². The maximum atomic E-state index is 11.6. The highest BCUT2D eigenvalue weighted by Gasteiger charge is 2.28. The van der Waals surface area contributed by atoms with Crippen LogP contribution in [0.1, 0.15) is 55.7 Å². The molecule has 1 fully saturated rings. The molecular formula is C22H26N2O2S. The van der Waals surface area contributed by atoms with E-state index in [-0.39, 0.29) is 0 Å². The van der Waals surface area contributed by atoms with Gasteiger partial charge in [-0.2, -0.15) is 0 Å². The van der Waals surface area contributed by atoms with Crippen molar-refractivity contribution >= 4 is 15.5 Å². The molecule has 2 aromatic heterocycles. The number of nitrogens with zero attached hydrogens (tertiary/aromatic N) is 2. The van der Waals surface area contributed by atoms with Gasteiger partial charge in [0.15, 0.2) is 9.84 Å². The van der Waals surface area contributed by atoms with Gasteiger partial charge in [-0.3, -0.25) is 0 Å². The molecule has 0 spiro atoms. The third-order valence-corrected chi connectivity index (χ3v) is 7.09. The van der Waals surface area contributed by atoms with Crippen LogP contribution in [0.15, 0.2) is 59.8 Å². The lowest BCUT2D eigenvalue weighted by molar-refractivity contribution is 0.449. The van der Waals surface area contributed by atoms with Crippen molar-refractivity contribution in [3.05, 3.63) is 66.1 Å². The fourth-order valence-corrected chi connectivity index (χ4v) is 5.15. The lowest BCUT2D eigenvalue weighted by atomic mass is 9.90. The van der Waals surface area contributed by atoms with Gasteiger partial charge >= 0.3 is 0 Å². The van der Waals surface area contributed by atoms with Crippen LogP contribution in [0, 0.1) is 5.92 Å². The van der Waals surface area contributed by atoms with Crippen molar-refractivity contribution in [3.8, 4) is 0 Å². The van der Waals surface area contributed by atoms with Crippen LogP contribution < -0.4 is 0 Å². The van der Waals surface area contributed by atoms with Crippen molar-refractivity contribution < 1.29 is 8.42 Å². The lowest BCUT2D eigenvalue weighted by Crippen LogP contribution is -2.05. The molecule has 1 aliphatic carbocycles. The summed E-state index contributed by atoms with van der Waals surface area (Å²) < 4.78 is 25.5. The SMILES string of the molecule is C[C@@H](CC1CC[C@H](c2ccc(S(C)(=O)=O)cc2)C1)c1cnc2ccccn12. The summed E-state index contributed by atoms with van der Waals surface area (Å²) in [5.74, 6) is 1.71. The Morgan fingerprint density at radius 3 is 2.67 bits per heavy atom. The van der Waals surface area contributed by atoms with E-state index in [2.05, 4.69) is 28.6 Å². The van der Waals surface area contributed by atoms with Crippen LogP contribution in [0.25, 0.3) is 5.65 Å². The topological polar surface area (TPSA) is 51.4 Å². The monoisotopic (exact) mass is 382 g/mol. The molecule has 142 valence electrons. The molecule has 0 N–H and O–H groups in total. The smallest absolute Gasteiger partial charge is 0.175 e. The molecule has 2 heterocycles. The van der Waals surface area contributed by atoms with E-state index in [1.165, 1.54) is 43.2 Å². The minimum atomic E-state index is -3.12. The van der Waals surface area contributed by atoms with Gasteiger partial charge in [-0.1, -0.05) is 25.1 Å². The molecule has 1 aliphatic rings. The van der Waals surface area contributed by atoms with E-state index in [0.29, 0.717) is 22.6 Å². The second kappa shape index (κ2) is 7.12. The molecule has 27 heavy (non-hydrogen) atoms. The van der Waals surface area contributed by atoms with Gasteiger partial charge < -0.3 is 4.40 Å². The Hall–Kier alpha value is -2.14. The zero-order valence-electron chi connectivity index (χ0n) is 15.9. The Balaban J connectivity index is 1.42. The van der Waals surface area contributed by atoms with E-state index in [4.69, 9.17) is 0 Å². The zero-order chi connectivity index (χ0) is 19.0. The average molecular weight is 383 g/mol. The van der Waals surface area contributed by atoms with Gasteiger partial charge in [0.05, 0.1) is 4.90 Å². The average Bonchev–Trinajstić information content (AvgIpc) is 3.28. The number of hydrogen-bond donors (Lipinski definition) is 0. The van der Waals surface area contributed by atoms with Crippen LogP contribution in [0.2, 0.25) is 0 Å². The molecule has 3 aromatic rings. The van der Waals surface area contributed by atoms with Crippen molar-refractivity contribution in [2.24, 2.45) is 5.92 Å². The third-order valence-electron chi connectivity index (χ3n) is 5.96. The highest BCUT2D eigenvalue weighted by molar-refractivity contribution is 7.90. The van der Waals surface area contributed by atoms with Gasteiger partial charge in [-0.15, -0.1) is 0 Å². The van der Waals surface area contributed by atoms with Crippen molar-refractivity contribution in [2.75, 3.05) is 6.26 Å². The first-order valence-electron chi connectivity index (χ1n) is 9.64. The van der Waals surface area contributed by atoms with Crippen LogP contribution in [-0.2, 0) is 9.84 Å². The molecule has 1 unspecified atom stereocenters. The van der Waals surface area contributed by atoms with Crippen LogP contribution in [0.4, 0.5) is 0 Å². The summed E-state index contributed by atoms with van der Waals surface area (Å²) in [7, 11) is -3.12. The molecule has 0 bridgehead atoms. The summed E-state index contributed by atoms with van der Waals surface area (Å²) in [6.07, 6.45) is 10.1. The summed E-state index contributed by atoms with van der Waals surface area (Å²) in [6, 6.07) is 13.6. The summed E-state index contributed by atoms with van der Waals surface area (Å²) in [6.45, 7) is 2.30. The number of imidazole rings is 1. The summed E-state index contributed by atoms with van der Waals surface area (Å²) >= 11 is 0. The van der Waals surface area contributed by atoms with Crippen molar-refractivity contribution in [1.29, 1.82) is 0 Å². The standard InChI is InChI=1S/C22H26N2O2S/c1-16(21-15-23-22-5-3-4-12-24(21)22)13-17-6-7-19(14-17)18-8-10-20(11-9-18)27(2,25)26/h3-5,8-12,15-17,19H,6-7,13-14H2,1-2H3/t16-,17?,19-/m0/s1. The van der Waals surface area contributed by atoms with E-state index < -0.39 is 9.84 Å². The molecule has 0 radical (unpaired) electrons. The molecule has 0 amide bonds. The molecule has 1 saturated carbocycles. The number of pyridine rings is 1. The molecule has 5 heteroatoms. The zero-order valence-corrected chi connectivity index (χ0v) is 16.7. The van der Waals surface area contributed by atoms with E-state index in [0.717, 1.165) is 5.65 Å². The highest BCUT2D eigenvalue weighted by Crippen LogP contribution is 2.42. The maximum absolute atomic E-state index is 11.6. The Bertz CT molecular complexity index is 1040. The predicted molar refractivity (Wildman–Crippen MR) is 108 cm³/mol. The molecular weight excluding hydrogens is 356 g/mol. The van der Waals surface area contributed by atoms with Crippen molar-refractivity contribution in [3.63, 3.8) is 0 Å². The number of benzene rings is 1. The number of aromatic nitrogens is 2. The van der Waals surface area contributed by atoms with Gasteiger partial charge in [0.25, 0.3) is 0 Å². The Morgan fingerprint density at radius 2 is 1.93 bits per heavy atom. The fourth-order valence-electron chi connectivity index (χ4n) is 4.52. The van der Waals surface area contributed by atoms with Gasteiger partial charge in [-0.05, 0) is 73.3 Å². The third kappa shape index (κ3) is 3.79. The first-order chi connectivity index (χ1) is 12.9. The normalized spacial score (nSPS) is 21.6. The lowest BCUT2D eigenvalue weighted by Gasteiger charge is -2.17. The summed E-state index contributed by atoms with van der Waals surface area (Å²) in [5.41, 5.74) is 3.56. The molecule has 0 saturated heterocycles. The summed E-state index contributed by atoms with van der Waals surface area (Å²) in [4.78, 5) is 4.92. The van der Waals surface area contributed by atoms with E-state index in [1.54, 1.807) is 12.1 Å². The fraction of sp³-hybridized carbons (Fsp3) is 0.409. The van der Waals surface area contributed by atoms with E-state index >= 15 is 0 Å². The first kappa shape index (κ1) is 18.2. The molecule has 0 aliphatic heterocycles. The quantitative estimate of drug-likeness (QED) is 0.636. The predicted octanol–water partition coefficient (Wildman–Crippen LogP) is 4.82. The molecule has 3 atom stereocenters. The van der Waals surface area contributed by atoms with Crippen LogP contribution in [0.3, 0.4) is 0 Å². The molecule has 1 aromatic carbocycles. The Kier molecular flexibility index (Phi) is 4.81. The molecule has 4 rings (SSSR count). The minimum Gasteiger partial charge on any atom is -0.304 e. The van der Waals surface area contributed by atoms with Gasteiger partial charge in [0.2, 0.25) is 0 Å². The summed E-state index contributed by atoms with van der Waals surface area (Å²) in [5, 5.41) is 0. The van der Waals surface area contributed by atoms with Crippen LogP contribution in [0.5, 0.6) is 0 Å². The second-order valence-electron chi connectivity index (χ2n) is 7.97. The Morgan fingerprint density at radius 1 is 1.15 bits per heavy atom. The van der Waals surface area contributed by atoms with Gasteiger partial charge in [-0.25, -0.2) is 13.4 Å². The maximum Gasteiger partial charge on any atom is 0.175 e. The van der Waals surface area contributed by atoms with Crippen molar-refractivity contribution in [2.45, 2.75) is 49.3 Å². The number of sulfone groups is 1. The van der Waals surface area contributed by atoms with Crippen LogP contribution in [-0.4, -0.2) is 24.1 Å². The largest absolute Gasteiger partial charge is 0.304 e. The second-order valence-corrected chi connectivity index (χ2v) is 9.98. The van der Waals surface area contributed by atoms with E-state index in [9.17, 15) is 8.42 Å². The van der Waals surface area contributed by atoms with Gasteiger partial charge in [0, 0.05) is 24.3 Å².